The number of carbonyl (C=O) groups excluding carboxylic acids is 1. The first-order valence-corrected chi connectivity index (χ1v) is 10.9. The molecule has 1 unspecified atom stereocenters. The number of benzene rings is 1. The Morgan fingerprint density at radius 1 is 1.15 bits per heavy atom. The number of nitrogens with zero attached hydrogens (tertiary/aromatic N) is 2. The highest BCUT2D eigenvalue weighted by molar-refractivity contribution is 7.99. The lowest BCUT2D eigenvalue weighted by atomic mass is 9.90. The molecule has 4 nitrogen and oxygen atoms in total. The first kappa shape index (κ1) is 18.5. The zero-order chi connectivity index (χ0) is 18.5. The zero-order valence-electron chi connectivity index (χ0n) is 15.6. The van der Waals surface area contributed by atoms with E-state index < -0.39 is 0 Å². The van der Waals surface area contributed by atoms with Crippen LogP contribution in [0.4, 0.5) is 0 Å². The van der Waals surface area contributed by atoms with Crippen LogP contribution >= 0.6 is 11.8 Å². The Hall–Kier alpha value is -1.85. The van der Waals surface area contributed by atoms with Crippen molar-refractivity contribution < 1.29 is 4.79 Å². The highest BCUT2D eigenvalue weighted by Gasteiger charge is 2.34. The molecule has 2 aromatic rings. The SMILES string of the molecule is O=C([C@@H]1CSC(c2cccnc2)N1)N1CCC(CCc2ccccc2)CC1. The van der Waals surface area contributed by atoms with Gasteiger partial charge in [-0.1, -0.05) is 36.4 Å². The largest absolute Gasteiger partial charge is 0.341 e. The van der Waals surface area contributed by atoms with Crippen molar-refractivity contribution in [2.45, 2.75) is 37.1 Å². The van der Waals surface area contributed by atoms with Crippen molar-refractivity contribution in [3.63, 3.8) is 0 Å². The molecular weight excluding hydrogens is 354 g/mol. The summed E-state index contributed by atoms with van der Waals surface area (Å²) < 4.78 is 0. The predicted octanol–water partition coefficient (Wildman–Crippen LogP) is 3.66. The number of likely N-dealkylation sites (tertiary alicyclic amines) is 1. The van der Waals surface area contributed by atoms with E-state index in [1.807, 2.05) is 12.3 Å². The zero-order valence-corrected chi connectivity index (χ0v) is 16.4. The molecule has 142 valence electrons. The molecule has 0 spiro atoms. The number of rotatable bonds is 5. The van der Waals surface area contributed by atoms with Crippen molar-refractivity contribution in [3.8, 4) is 0 Å². The molecule has 0 saturated carbocycles. The van der Waals surface area contributed by atoms with Gasteiger partial charge in [0.05, 0.1) is 11.4 Å². The molecule has 1 aromatic carbocycles. The Labute approximate surface area is 165 Å². The van der Waals surface area contributed by atoms with E-state index in [1.54, 1.807) is 18.0 Å². The van der Waals surface area contributed by atoms with E-state index in [1.165, 1.54) is 12.0 Å². The first-order valence-electron chi connectivity index (χ1n) is 9.90. The monoisotopic (exact) mass is 381 g/mol. The summed E-state index contributed by atoms with van der Waals surface area (Å²) in [6.07, 6.45) is 8.30. The average molecular weight is 382 g/mol. The Morgan fingerprint density at radius 2 is 1.96 bits per heavy atom. The second kappa shape index (κ2) is 8.89. The summed E-state index contributed by atoms with van der Waals surface area (Å²) in [6.45, 7) is 1.80. The second-order valence-corrected chi connectivity index (χ2v) is 8.65. The van der Waals surface area contributed by atoms with Crippen LogP contribution in [0.25, 0.3) is 0 Å². The van der Waals surface area contributed by atoms with E-state index in [0.29, 0.717) is 0 Å². The van der Waals surface area contributed by atoms with Gasteiger partial charge in [-0.2, -0.15) is 0 Å². The molecule has 3 heterocycles. The van der Waals surface area contributed by atoms with E-state index in [9.17, 15) is 4.79 Å². The van der Waals surface area contributed by atoms with Crippen LogP contribution in [0.3, 0.4) is 0 Å². The standard InChI is InChI=1S/C22H27N3OS/c26-22(20-16-27-21(24-20)19-7-4-12-23-15-19)25-13-10-18(11-14-25)9-8-17-5-2-1-3-6-17/h1-7,12,15,18,20-21,24H,8-11,13-14,16H2/t20-,21?/m0/s1. The fraction of sp³-hybridized carbons (Fsp3) is 0.455. The van der Waals surface area contributed by atoms with Crippen LogP contribution in [0.1, 0.15) is 35.8 Å². The minimum atomic E-state index is -0.0684. The molecule has 0 bridgehead atoms. The average Bonchev–Trinajstić information content (AvgIpc) is 3.24. The maximum atomic E-state index is 12.9. The predicted molar refractivity (Wildman–Crippen MR) is 110 cm³/mol. The van der Waals surface area contributed by atoms with Gasteiger partial charge in [0.2, 0.25) is 5.91 Å². The number of carbonyl (C=O) groups is 1. The Kier molecular flexibility index (Phi) is 6.10. The Morgan fingerprint density at radius 3 is 2.70 bits per heavy atom. The van der Waals surface area contributed by atoms with Gasteiger partial charge >= 0.3 is 0 Å². The molecule has 4 rings (SSSR count). The van der Waals surface area contributed by atoms with Crippen molar-refractivity contribution in [3.05, 3.63) is 66.0 Å². The number of thioether (sulfide) groups is 1. The summed E-state index contributed by atoms with van der Waals surface area (Å²) >= 11 is 1.80. The lowest BCUT2D eigenvalue weighted by Crippen LogP contribution is -2.48. The van der Waals surface area contributed by atoms with Gasteiger partial charge in [-0.3, -0.25) is 15.1 Å². The quantitative estimate of drug-likeness (QED) is 0.859. The number of hydrogen-bond donors (Lipinski definition) is 1. The van der Waals surface area contributed by atoms with Crippen LogP contribution < -0.4 is 5.32 Å². The van der Waals surface area contributed by atoms with Crippen molar-refractivity contribution in [2.75, 3.05) is 18.8 Å². The van der Waals surface area contributed by atoms with Gasteiger partial charge < -0.3 is 4.90 Å². The van der Waals surface area contributed by atoms with Gasteiger partial charge in [0.15, 0.2) is 0 Å². The molecule has 1 amide bonds. The molecule has 0 radical (unpaired) electrons. The van der Waals surface area contributed by atoms with Gasteiger partial charge in [0, 0.05) is 31.2 Å². The number of aromatic nitrogens is 1. The normalized spacial score (nSPS) is 23.5. The molecule has 2 aliphatic rings. The number of pyridine rings is 1. The third kappa shape index (κ3) is 4.71. The van der Waals surface area contributed by atoms with Crippen LogP contribution in [-0.4, -0.2) is 40.7 Å². The van der Waals surface area contributed by atoms with E-state index in [-0.39, 0.29) is 17.3 Å². The van der Waals surface area contributed by atoms with Gasteiger partial charge in [0.1, 0.15) is 0 Å². The summed E-state index contributed by atoms with van der Waals surface area (Å²) in [4.78, 5) is 19.2. The topological polar surface area (TPSA) is 45.2 Å². The summed E-state index contributed by atoms with van der Waals surface area (Å²) in [5.74, 6) is 1.85. The van der Waals surface area contributed by atoms with Crippen molar-refractivity contribution in [1.82, 2.24) is 15.2 Å². The summed E-state index contributed by atoms with van der Waals surface area (Å²) in [7, 11) is 0. The van der Waals surface area contributed by atoms with Crippen LogP contribution in [0, 0.1) is 5.92 Å². The van der Waals surface area contributed by atoms with E-state index in [0.717, 1.165) is 49.6 Å². The van der Waals surface area contributed by atoms with Crippen molar-refractivity contribution in [2.24, 2.45) is 5.92 Å². The lowest BCUT2D eigenvalue weighted by Gasteiger charge is -2.33. The maximum absolute atomic E-state index is 12.9. The third-order valence-electron chi connectivity index (χ3n) is 5.68. The van der Waals surface area contributed by atoms with E-state index in [4.69, 9.17) is 0 Å². The van der Waals surface area contributed by atoms with Crippen LogP contribution in [0.15, 0.2) is 54.9 Å². The highest BCUT2D eigenvalue weighted by atomic mass is 32.2. The summed E-state index contributed by atoms with van der Waals surface area (Å²) in [6, 6.07) is 14.7. The minimum Gasteiger partial charge on any atom is -0.341 e. The summed E-state index contributed by atoms with van der Waals surface area (Å²) in [5.41, 5.74) is 2.57. The molecule has 2 atom stereocenters. The van der Waals surface area contributed by atoms with Crippen LogP contribution in [-0.2, 0) is 11.2 Å². The van der Waals surface area contributed by atoms with Crippen molar-refractivity contribution in [1.29, 1.82) is 0 Å². The molecular formula is C22H27N3OS. The smallest absolute Gasteiger partial charge is 0.240 e. The van der Waals surface area contributed by atoms with Crippen LogP contribution in [0.2, 0.25) is 0 Å². The number of aryl methyl sites for hydroxylation is 1. The van der Waals surface area contributed by atoms with E-state index in [2.05, 4.69) is 51.6 Å². The molecule has 0 aliphatic carbocycles. The van der Waals surface area contributed by atoms with Crippen LogP contribution in [0.5, 0.6) is 0 Å². The number of amides is 1. The first-order chi connectivity index (χ1) is 13.3. The number of hydrogen-bond acceptors (Lipinski definition) is 4. The second-order valence-electron chi connectivity index (χ2n) is 7.51. The summed E-state index contributed by atoms with van der Waals surface area (Å²) in [5, 5.41) is 3.67. The fourth-order valence-electron chi connectivity index (χ4n) is 4.02. The highest BCUT2D eigenvalue weighted by Crippen LogP contribution is 2.33. The van der Waals surface area contributed by atoms with Gasteiger partial charge in [-0.25, -0.2) is 0 Å². The van der Waals surface area contributed by atoms with Crippen molar-refractivity contribution >= 4 is 17.7 Å². The molecule has 2 saturated heterocycles. The number of nitrogens with one attached hydrogen (secondary N) is 1. The van der Waals surface area contributed by atoms with E-state index >= 15 is 0 Å². The molecule has 2 fully saturated rings. The Bertz CT molecular complexity index is 732. The fourth-order valence-corrected chi connectivity index (χ4v) is 5.23. The maximum Gasteiger partial charge on any atom is 0.240 e. The molecule has 5 heteroatoms. The minimum absolute atomic E-state index is 0.0684. The van der Waals surface area contributed by atoms with Gasteiger partial charge in [-0.05, 0) is 48.8 Å². The molecule has 2 aliphatic heterocycles. The third-order valence-corrected chi connectivity index (χ3v) is 6.95. The van der Waals surface area contributed by atoms with Gasteiger partial charge in [0.25, 0.3) is 0 Å². The molecule has 27 heavy (non-hydrogen) atoms. The number of piperidine rings is 1. The van der Waals surface area contributed by atoms with Gasteiger partial charge in [-0.15, -0.1) is 11.8 Å². The molecule has 1 N–H and O–H groups in total. The molecule has 1 aromatic heterocycles. The lowest BCUT2D eigenvalue weighted by molar-refractivity contribution is -0.134. The Balaban J connectivity index is 1.23.